The summed E-state index contributed by atoms with van der Waals surface area (Å²) in [6.07, 6.45) is 1.31. The van der Waals surface area contributed by atoms with Crippen LogP contribution in [0.4, 0.5) is 0 Å². The Bertz CT molecular complexity index is 175. The van der Waals surface area contributed by atoms with E-state index in [1.54, 1.807) is 0 Å². The van der Waals surface area contributed by atoms with Gasteiger partial charge in [0, 0.05) is 17.7 Å². The summed E-state index contributed by atoms with van der Waals surface area (Å²) in [5, 5.41) is 3.34. The van der Waals surface area contributed by atoms with Crippen molar-refractivity contribution in [2.24, 2.45) is 17.3 Å². The first kappa shape index (κ1) is 6.26. The van der Waals surface area contributed by atoms with Crippen molar-refractivity contribution in [2.45, 2.75) is 20.3 Å². The molecule has 1 aliphatic heterocycles. The molecule has 1 saturated heterocycles. The fourth-order valence-corrected chi connectivity index (χ4v) is 2.60. The van der Waals surface area contributed by atoms with E-state index in [0.717, 1.165) is 18.4 Å². The Morgan fingerprint density at radius 2 is 2.10 bits per heavy atom. The zero-order valence-corrected chi connectivity index (χ0v) is 6.78. The average Bonchev–Trinajstić information content (AvgIpc) is 2.28. The lowest BCUT2D eigenvalue weighted by molar-refractivity contribution is 0.556. The minimum atomic E-state index is 0.514. The highest BCUT2D eigenvalue weighted by Gasteiger charge is 2.62. The van der Waals surface area contributed by atoms with Crippen LogP contribution in [0.3, 0.4) is 0 Å². The van der Waals surface area contributed by atoms with Gasteiger partial charge in [-0.1, -0.05) is 20.4 Å². The van der Waals surface area contributed by atoms with Crippen LogP contribution >= 0.6 is 0 Å². The van der Waals surface area contributed by atoms with Gasteiger partial charge in [0.05, 0.1) is 0 Å². The maximum absolute atomic E-state index is 4.06. The Kier molecular flexibility index (Phi) is 0.988. The fraction of sp³-hybridized carbons (Fsp3) is 0.778. The first-order valence-electron chi connectivity index (χ1n) is 4.13. The van der Waals surface area contributed by atoms with Crippen molar-refractivity contribution in [3.63, 3.8) is 0 Å². The van der Waals surface area contributed by atoms with Gasteiger partial charge in [-0.15, -0.1) is 0 Å². The molecule has 10 heavy (non-hydrogen) atoms. The summed E-state index contributed by atoms with van der Waals surface area (Å²) in [5.41, 5.74) is 1.81. The zero-order valence-electron chi connectivity index (χ0n) is 6.78. The smallest absolute Gasteiger partial charge is 0.0168 e. The van der Waals surface area contributed by atoms with Gasteiger partial charge in [0.25, 0.3) is 0 Å². The number of hydrogen-bond donors (Lipinski definition) is 1. The first-order chi connectivity index (χ1) is 4.69. The van der Waals surface area contributed by atoms with E-state index in [1.165, 1.54) is 12.1 Å². The van der Waals surface area contributed by atoms with E-state index in [4.69, 9.17) is 0 Å². The highest BCUT2D eigenvalue weighted by Crippen LogP contribution is 2.65. The SMILES string of the molecule is C=C1NCCC12C(C)C2C. The van der Waals surface area contributed by atoms with Crippen LogP contribution in [0.1, 0.15) is 20.3 Å². The number of allylic oxidation sites excluding steroid dienone is 1. The molecule has 0 amide bonds. The summed E-state index contributed by atoms with van der Waals surface area (Å²) < 4.78 is 0. The summed E-state index contributed by atoms with van der Waals surface area (Å²) in [5.74, 6) is 1.74. The molecule has 2 unspecified atom stereocenters. The van der Waals surface area contributed by atoms with Crippen molar-refractivity contribution >= 4 is 0 Å². The van der Waals surface area contributed by atoms with E-state index < -0.39 is 0 Å². The molecule has 0 bridgehead atoms. The van der Waals surface area contributed by atoms with Gasteiger partial charge < -0.3 is 5.32 Å². The van der Waals surface area contributed by atoms with Gasteiger partial charge in [-0.2, -0.15) is 0 Å². The maximum Gasteiger partial charge on any atom is 0.0168 e. The standard InChI is InChI=1S/C9H15N/c1-6-7(2)9(6)4-5-10-8(9)3/h6-7,10H,3-5H2,1-2H3. The highest BCUT2D eigenvalue weighted by molar-refractivity contribution is 5.27. The monoisotopic (exact) mass is 137 g/mol. The van der Waals surface area contributed by atoms with E-state index in [2.05, 4.69) is 25.7 Å². The van der Waals surface area contributed by atoms with Gasteiger partial charge >= 0.3 is 0 Å². The molecule has 1 nitrogen and oxygen atoms in total. The third-order valence-electron chi connectivity index (χ3n) is 3.70. The van der Waals surface area contributed by atoms with Crippen LogP contribution in [0.15, 0.2) is 12.3 Å². The number of rotatable bonds is 0. The molecule has 1 saturated carbocycles. The molecule has 2 rings (SSSR count). The summed E-state index contributed by atoms with van der Waals surface area (Å²) in [6.45, 7) is 9.88. The molecule has 56 valence electrons. The molecule has 1 heterocycles. The Balaban J connectivity index is 2.25. The van der Waals surface area contributed by atoms with Crippen molar-refractivity contribution in [3.05, 3.63) is 12.3 Å². The molecular weight excluding hydrogens is 122 g/mol. The maximum atomic E-state index is 4.06. The summed E-state index contributed by atoms with van der Waals surface area (Å²) >= 11 is 0. The van der Waals surface area contributed by atoms with E-state index in [-0.39, 0.29) is 0 Å². The second-order valence-electron chi connectivity index (χ2n) is 3.77. The second kappa shape index (κ2) is 1.58. The van der Waals surface area contributed by atoms with Crippen molar-refractivity contribution in [3.8, 4) is 0 Å². The number of nitrogens with one attached hydrogen (secondary N) is 1. The molecular formula is C9H15N. The summed E-state index contributed by atoms with van der Waals surface area (Å²) in [7, 11) is 0. The lowest BCUT2D eigenvalue weighted by Gasteiger charge is -2.07. The van der Waals surface area contributed by atoms with Gasteiger partial charge in [-0.3, -0.25) is 0 Å². The molecule has 1 aliphatic carbocycles. The summed E-state index contributed by atoms with van der Waals surface area (Å²) in [6, 6.07) is 0. The normalized spacial score (nSPS) is 51.6. The van der Waals surface area contributed by atoms with Crippen LogP contribution in [0.2, 0.25) is 0 Å². The Labute approximate surface area is 62.5 Å². The molecule has 1 N–H and O–H groups in total. The predicted molar refractivity (Wildman–Crippen MR) is 42.5 cm³/mol. The lowest BCUT2D eigenvalue weighted by Crippen LogP contribution is -2.07. The molecule has 1 heteroatoms. The van der Waals surface area contributed by atoms with E-state index in [1.807, 2.05) is 0 Å². The van der Waals surface area contributed by atoms with Gasteiger partial charge in [0.2, 0.25) is 0 Å². The van der Waals surface area contributed by atoms with Crippen molar-refractivity contribution < 1.29 is 0 Å². The molecule has 0 aromatic rings. The molecule has 2 aliphatic rings. The zero-order chi connectivity index (χ0) is 7.35. The van der Waals surface area contributed by atoms with Crippen LogP contribution < -0.4 is 5.32 Å². The van der Waals surface area contributed by atoms with Crippen molar-refractivity contribution in [1.29, 1.82) is 0 Å². The molecule has 2 atom stereocenters. The third-order valence-corrected chi connectivity index (χ3v) is 3.70. The van der Waals surface area contributed by atoms with E-state index >= 15 is 0 Å². The molecule has 2 fully saturated rings. The van der Waals surface area contributed by atoms with E-state index in [9.17, 15) is 0 Å². The quantitative estimate of drug-likeness (QED) is 0.536. The average molecular weight is 137 g/mol. The molecule has 0 radical (unpaired) electrons. The van der Waals surface area contributed by atoms with Crippen molar-refractivity contribution in [1.82, 2.24) is 5.32 Å². The molecule has 1 spiro atoms. The highest BCUT2D eigenvalue weighted by atomic mass is 15.0. The topological polar surface area (TPSA) is 12.0 Å². The summed E-state index contributed by atoms with van der Waals surface area (Å²) in [4.78, 5) is 0. The van der Waals surface area contributed by atoms with Crippen LogP contribution in [-0.4, -0.2) is 6.54 Å². The predicted octanol–water partition coefficient (Wildman–Crippen LogP) is 1.77. The minimum absolute atomic E-state index is 0.514. The third kappa shape index (κ3) is 0.458. The van der Waals surface area contributed by atoms with Crippen LogP contribution in [0.5, 0.6) is 0 Å². The Morgan fingerprint density at radius 3 is 2.30 bits per heavy atom. The second-order valence-corrected chi connectivity index (χ2v) is 3.77. The van der Waals surface area contributed by atoms with Crippen LogP contribution in [0.25, 0.3) is 0 Å². The van der Waals surface area contributed by atoms with Gasteiger partial charge in [0.1, 0.15) is 0 Å². The lowest BCUT2D eigenvalue weighted by atomic mass is 9.99. The Morgan fingerprint density at radius 1 is 1.50 bits per heavy atom. The number of hydrogen-bond acceptors (Lipinski definition) is 1. The van der Waals surface area contributed by atoms with E-state index in [0.29, 0.717) is 5.41 Å². The van der Waals surface area contributed by atoms with Gasteiger partial charge in [0.15, 0.2) is 0 Å². The molecule has 0 aromatic heterocycles. The molecule has 0 aromatic carbocycles. The largest absolute Gasteiger partial charge is 0.388 e. The minimum Gasteiger partial charge on any atom is -0.388 e. The Hall–Kier alpha value is -0.460. The first-order valence-corrected chi connectivity index (χ1v) is 4.13. The van der Waals surface area contributed by atoms with Crippen molar-refractivity contribution in [2.75, 3.05) is 6.54 Å². The van der Waals surface area contributed by atoms with Gasteiger partial charge in [-0.05, 0) is 18.3 Å². The fourth-order valence-electron chi connectivity index (χ4n) is 2.60. The van der Waals surface area contributed by atoms with Crippen LogP contribution in [-0.2, 0) is 0 Å². The van der Waals surface area contributed by atoms with Crippen LogP contribution in [0, 0.1) is 17.3 Å². The van der Waals surface area contributed by atoms with Gasteiger partial charge in [-0.25, -0.2) is 0 Å².